The second kappa shape index (κ2) is 7.27. The number of halogens is 3. The maximum atomic E-state index is 12.6. The summed E-state index contributed by atoms with van der Waals surface area (Å²) in [6, 6.07) is 5.56. The van der Waals surface area contributed by atoms with Gasteiger partial charge in [-0.1, -0.05) is 37.8 Å². The minimum Gasteiger partial charge on any atom is -0.271 e. The highest BCUT2D eigenvalue weighted by Crippen LogP contribution is 2.30. The van der Waals surface area contributed by atoms with E-state index in [-0.39, 0.29) is 6.04 Å². The van der Waals surface area contributed by atoms with Gasteiger partial charge in [0.25, 0.3) is 0 Å². The Balaban J connectivity index is 2.00. The Morgan fingerprint density at radius 3 is 2.10 bits per heavy atom. The van der Waals surface area contributed by atoms with E-state index in [0.717, 1.165) is 30.5 Å². The molecule has 21 heavy (non-hydrogen) atoms. The number of benzene rings is 1. The number of rotatable bonds is 4. The van der Waals surface area contributed by atoms with Crippen molar-refractivity contribution in [2.24, 2.45) is 11.8 Å². The van der Waals surface area contributed by atoms with Crippen molar-refractivity contribution in [2.45, 2.75) is 57.2 Å². The average molecular weight is 300 g/mol. The third-order valence-electron chi connectivity index (χ3n) is 4.42. The van der Waals surface area contributed by atoms with Gasteiger partial charge in [-0.25, -0.2) is 0 Å². The lowest BCUT2D eigenvalue weighted by molar-refractivity contribution is -0.137. The van der Waals surface area contributed by atoms with Crippen LogP contribution in [-0.2, 0) is 12.6 Å². The van der Waals surface area contributed by atoms with Gasteiger partial charge in [-0.05, 0) is 42.9 Å². The monoisotopic (exact) mass is 300 g/mol. The summed E-state index contributed by atoms with van der Waals surface area (Å²) in [5.74, 6) is 6.19. The average Bonchev–Trinajstić information content (AvgIpc) is 2.73. The number of nitrogens with two attached hydrogens (primary N) is 1. The molecule has 2 rings (SSSR count). The molecular weight excluding hydrogens is 277 g/mol. The van der Waals surface area contributed by atoms with E-state index in [1.807, 2.05) is 0 Å². The van der Waals surface area contributed by atoms with E-state index in [1.54, 1.807) is 12.1 Å². The van der Waals surface area contributed by atoms with E-state index < -0.39 is 11.7 Å². The first kappa shape index (κ1) is 16.3. The molecule has 118 valence electrons. The highest BCUT2D eigenvalue weighted by atomic mass is 19.4. The molecule has 1 aliphatic rings. The van der Waals surface area contributed by atoms with Crippen LogP contribution < -0.4 is 11.3 Å². The number of hydrogen-bond donors (Lipinski definition) is 2. The van der Waals surface area contributed by atoms with Crippen molar-refractivity contribution in [3.63, 3.8) is 0 Å². The van der Waals surface area contributed by atoms with Crippen molar-refractivity contribution in [1.29, 1.82) is 0 Å². The molecule has 1 aliphatic carbocycles. The lowest BCUT2D eigenvalue weighted by atomic mass is 9.88. The molecule has 1 unspecified atom stereocenters. The van der Waals surface area contributed by atoms with Crippen LogP contribution in [0.5, 0.6) is 0 Å². The molecule has 1 fully saturated rings. The molecule has 0 saturated heterocycles. The van der Waals surface area contributed by atoms with Gasteiger partial charge in [0, 0.05) is 6.04 Å². The molecule has 0 aromatic heterocycles. The Morgan fingerprint density at radius 2 is 1.62 bits per heavy atom. The van der Waals surface area contributed by atoms with Gasteiger partial charge in [0.05, 0.1) is 5.56 Å². The molecule has 1 atom stereocenters. The zero-order valence-corrected chi connectivity index (χ0v) is 12.1. The van der Waals surface area contributed by atoms with Crippen LogP contribution in [0, 0.1) is 5.92 Å². The first-order valence-electron chi connectivity index (χ1n) is 7.63. The highest BCUT2D eigenvalue weighted by molar-refractivity contribution is 5.25. The predicted molar refractivity (Wildman–Crippen MR) is 77.5 cm³/mol. The van der Waals surface area contributed by atoms with Crippen LogP contribution in [0.15, 0.2) is 24.3 Å². The first-order chi connectivity index (χ1) is 10.0. The van der Waals surface area contributed by atoms with Crippen LogP contribution in [0.2, 0.25) is 0 Å². The molecule has 1 saturated carbocycles. The van der Waals surface area contributed by atoms with Gasteiger partial charge in [-0.2, -0.15) is 13.2 Å². The minimum atomic E-state index is -4.27. The molecule has 0 spiro atoms. The topological polar surface area (TPSA) is 38.0 Å². The fourth-order valence-corrected chi connectivity index (χ4v) is 3.16. The maximum Gasteiger partial charge on any atom is 0.416 e. The first-order valence-corrected chi connectivity index (χ1v) is 7.63. The van der Waals surface area contributed by atoms with E-state index in [2.05, 4.69) is 5.43 Å². The van der Waals surface area contributed by atoms with Crippen molar-refractivity contribution in [3.05, 3.63) is 35.4 Å². The summed E-state index contributed by atoms with van der Waals surface area (Å²) in [5, 5.41) is 0. The zero-order valence-electron chi connectivity index (χ0n) is 12.1. The van der Waals surface area contributed by atoms with Gasteiger partial charge in [0.15, 0.2) is 0 Å². The van der Waals surface area contributed by atoms with E-state index in [1.165, 1.54) is 25.7 Å². The van der Waals surface area contributed by atoms with E-state index >= 15 is 0 Å². The van der Waals surface area contributed by atoms with Crippen molar-refractivity contribution in [2.75, 3.05) is 0 Å². The van der Waals surface area contributed by atoms with Crippen LogP contribution >= 0.6 is 0 Å². The quantitative estimate of drug-likeness (QED) is 0.500. The smallest absolute Gasteiger partial charge is 0.271 e. The summed E-state index contributed by atoms with van der Waals surface area (Å²) in [7, 11) is 0. The SMILES string of the molecule is NNC(Cc1ccc(C(F)(F)F)cc1)C1CCCCCC1. The molecule has 0 amide bonds. The summed E-state index contributed by atoms with van der Waals surface area (Å²) >= 11 is 0. The molecule has 0 radical (unpaired) electrons. The fourth-order valence-electron chi connectivity index (χ4n) is 3.16. The fraction of sp³-hybridized carbons (Fsp3) is 0.625. The van der Waals surface area contributed by atoms with Crippen molar-refractivity contribution < 1.29 is 13.2 Å². The largest absolute Gasteiger partial charge is 0.416 e. The normalized spacial score (nSPS) is 19.2. The molecule has 2 nitrogen and oxygen atoms in total. The molecule has 0 bridgehead atoms. The van der Waals surface area contributed by atoms with Gasteiger partial charge in [0.2, 0.25) is 0 Å². The molecule has 1 aromatic carbocycles. The van der Waals surface area contributed by atoms with Crippen molar-refractivity contribution in [1.82, 2.24) is 5.43 Å². The lowest BCUT2D eigenvalue weighted by Crippen LogP contribution is -2.42. The Bertz CT molecular complexity index is 420. The predicted octanol–water partition coefficient (Wildman–Crippen LogP) is 4.05. The molecule has 0 heterocycles. The summed E-state index contributed by atoms with van der Waals surface area (Å²) in [5.41, 5.74) is 3.17. The van der Waals surface area contributed by atoms with Gasteiger partial charge in [-0.15, -0.1) is 0 Å². The van der Waals surface area contributed by atoms with Crippen molar-refractivity contribution >= 4 is 0 Å². The molecular formula is C16H23F3N2. The van der Waals surface area contributed by atoms with E-state index in [9.17, 15) is 13.2 Å². The summed E-state index contributed by atoms with van der Waals surface area (Å²) in [4.78, 5) is 0. The third kappa shape index (κ3) is 4.71. The highest BCUT2D eigenvalue weighted by Gasteiger charge is 2.30. The molecule has 1 aromatic rings. The summed E-state index contributed by atoms with van der Waals surface area (Å²) in [6.45, 7) is 0. The van der Waals surface area contributed by atoms with Crippen LogP contribution in [0.3, 0.4) is 0 Å². The Kier molecular flexibility index (Phi) is 5.65. The Morgan fingerprint density at radius 1 is 1.05 bits per heavy atom. The van der Waals surface area contributed by atoms with Gasteiger partial charge < -0.3 is 0 Å². The number of alkyl halides is 3. The molecule has 3 N–H and O–H groups in total. The second-order valence-electron chi connectivity index (χ2n) is 5.92. The van der Waals surface area contributed by atoms with Crippen LogP contribution in [-0.4, -0.2) is 6.04 Å². The van der Waals surface area contributed by atoms with Crippen LogP contribution in [0.1, 0.15) is 49.7 Å². The third-order valence-corrected chi connectivity index (χ3v) is 4.42. The minimum absolute atomic E-state index is 0.139. The number of hydrogen-bond acceptors (Lipinski definition) is 2. The van der Waals surface area contributed by atoms with E-state index in [4.69, 9.17) is 5.84 Å². The summed E-state index contributed by atoms with van der Waals surface area (Å²) < 4.78 is 37.7. The number of nitrogens with one attached hydrogen (secondary N) is 1. The van der Waals surface area contributed by atoms with Crippen molar-refractivity contribution in [3.8, 4) is 0 Å². The maximum absolute atomic E-state index is 12.6. The van der Waals surface area contributed by atoms with E-state index in [0.29, 0.717) is 12.3 Å². The van der Waals surface area contributed by atoms with Gasteiger partial charge >= 0.3 is 6.18 Å². The summed E-state index contributed by atoms with van der Waals surface area (Å²) in [6.07, 6.45) is 3.68. The van der Waals surface area contributed by atoms with Crippen LogP contribution in [0.25, 0.3) is 0 Å². The Labute approximate surface area is 123 Å². The van der Waals surface area contributed by atoms with Crippen LogP contribution in [0.4, 0.5) is 13.2 Å². The zero-order chi connectivity index (χ0) is 15.3. The van der Waals surface area contributed by atoms with Gasteiger partial charge in [0.1, 0.15) is 0 Å². The molecule has 0 aliphatic heterocycles. The standard InChI is InChI=1S/C16H23F3N2/c17-16(18,19)14-9-7-12(8-10-14)11-15(21-20)13-5-3-1-2-4-6-13/h7-10,13,15,21H,1-6,11,20H2. The molecule has 5 heteroatoms. The number of hydrazine groups is 1. The van der Waals surface area contributed by atoms with Gasteiger partial charge in [-0.3, -0.25) is 11.3 Å². The lowest BCUT2D eigenvalue weighted by Gasteiger charge is -2.25. The Hall–Kier alpha value is -1.07. The second-order valence-corrected chi connectivity index (χ2v) is 5.92.